The molecule has 0 spiro atoms. The van der Waals surface area contributed by atoms with Crippen LogP contribution in [0.2, 0.25) is 0 Å². The Hall–Kier alpha value is -1.27. The van der Waals surface area contributed by atoms with Gasteiger partial charge in [-0.15, -0.1) is 0 Å². The fourth-order valence-electron chi connectivity index (χ4n) is 1.79. The number of carbonyl (C=O) groups is 2. The molecule has 0 unspecified atom stereocenters. The first-order valence-electron chi connectivity index (χ1n) is 4.97. The molecular formula is C9H13F3N2O2. The molecule has 0 bridgehead atoms. The van der Waals surface area contributed by atoms with Gasteiger partial charge in [0.05, 0.1) is 0 Å². The maximum Gasteiger partial charge on any atom is 0.471 e. The van der Waals surface area contributed by atoms with E-state index < -0.39 is 24.0 Å². The second-order valence-electron chi connectivity index (χ2n) is 3.92. The number of halogens is 3. The molecule has 7 heteroatoms. The summed E-state index contributed by atoms with van der Waals surface area (Å²) in [5, 5.41) is 1.90. The Morgan fingerprint density at radius 1 is 1.12 bits per heavy atom. The average molecular weight is 238 g/mol. The van der Waals surface area contributed by atoms with Crippen LogP contribution in [0.3, 0.4) is 0 Å². The minimum Gasteiger partial charge on any atom is -0.369 e. The van der Waals surface area contributed by atoms with Gasteiger partial charge in [-0.3, -0.25) is 9.59 Å². The molecule has 1 saturated carbocycles. The minimum absolute atomic E-state index is 0.279. The minimum atomic E-state index is -4.85. The molecule has 16 heavy (non-hydrogen) atoms. The molecule has 1 fully saturated rings. The summed E-state index contributed by atoms with van der Waals surface area (Å²) in [7, 11) is 0. The van der Waals surface area contributed by atoms with Gasteiger partial charge in [0, 0.05) is 12.0 Å². The van der Waals surface area contributed by atoms with Gasteiger partial charge in [-0.25, -0.2) is 0 Å². The van der Waals surface area contributed by atoms with Crippen molar-refractivity contribution < 1.29 is 22.8 Å². The highest BCUT2D eigenvalue weighted by atomic mass is 19.4. The lowest BCUT2D eigenvalue weighted by Gasteiger charge is -2.27. The van der Waals surface area contributed by atoms with Crippen molar-refractivity contribution in [2.24, 2.45) is 11.7 Å². The number of alkyl halides is 3. The van der Waals surface area contributed by atoms with Crippen molar-refractivity contribution in [3.8, 4) is 0 Å². The third-order valence-corrected chi connectivity index (χ3v) is 2.72. The summed E-state index contributed by atoms with van der Waals surface area (Å²) < 4.78 is 35.8. The van der Waals surface area contributed by atoms with E-state index in [4.69, 9.17) is 5.73 Å². The summed E-state index contributed by atoms with van der Waals surface area (Å²) in [5.41, 5.74) is 5.08. The van der Waals surface area contributed by atoms with Crippen molar-refractivity contribution in [3.05, 3.63) is 0 Å². The number of hydrogen-bond donors (Lipinski definition) is 2. The number of hydrogen-bond acceptors (Lipinski definition) is 2. The van der Waals surface area contributed by atoms with Crippen LogP contribution in [0.4, 0.5) is 13.2 Å². The zero-order valence-electron chi connectivity index (χ0n) is 8.51. The molecular weight excluding hydrogens is 225 g/mol. The molecule has 92 valence electrons. The molecule has 0 heterocycles. The lowest BCUT2D eigenvalue weighted by molar-refractivity contribution is -0.174. The Morgan fingerprint density at radius 3 is 2.00 bits per heavy atom. The zero-order chi connectivity index (χ0) is 12.3. The van der Waals surface area contributed by atoms with Crippen LogP contribution in [0.15, 0.2) is 0 Å². The van der Waals surface area contributed by atoms with E-state index in [1.165, 1.54) is 0 Å². The van der Waals surface area contributed by atoms with Crippen molar-refractivity contribution >= 4 is 11.8 Å². The van der Waals surface area contributed by atoms with E-state index in [9.17, 15) is 22.8 Å². The van der Waals surface area contributed by atoms with E-state index in [0.717, 1.165) is 0 Å². The van der Waals surface area contributed by atoms with E-state index in [1.54, 1.807) is 0 Å². The summed E-state index contributed by atoms with van der Waals surface area (Å²) in [4.78, 5) is 21.4. The molecule has 1 aliphatic rings. The van der Waals surface area contributed by atoms with Crippen LogP contribution >= 0.6 is 0 Å². The van der Waals surface area contributed by atoms with E-state index >= 15 is 0 Å². The first-order valence-corrected chi connectivity index (χ1v) is 4.97. The monoisotopic (exact) mass is 238 g/mol. The number of nitrogens with one attached hydrogen (secondary N) is 1. The highest BCUT2D eigenvalue weighted by Gasteiger charge is 2.40. The van der Waals surface area contributed by atoms with Crippen LogP contribution in [-0.4, -0.2) is 24.0 Å². The van der Waals surface area contributed by atoms with Gasteiger partial charge in [0.1, 0.15) is 0 Å². The maximum absolute atomic E-state index is 11.9. The molecule has 0 saturated heterocycles. The molecule has 0 radical (unpaired) electrons. The summed E-state index contributed by atoms with van der Waals surface area (Å²) >= 11 is 0. The van der Waals surface area contributed by atoms with Crippen molar-refractivity contribution in [3.63, 3.8) is 0 Å². The van der Waals surface area contributed by atoms with E-state index in [-0.39, 0.29) is 5.92 Å². The summed E-state index contributed by atoms with van der Waals surface area (Å²) in [6.07, 6.45) is -3.28. The first-order chi connectivity index (χ1) is 7.30. The third-order valence-electron chi connectivity index (χ3n) is 2.72. The molecule has 4 nitrogen and oxygen atoms in total. The second-order valence-corrected chi connectivity index (χ2v) is 3.92. The number of rotatable bonds is 2. The molecule has 1 rings (SSSR count). The molecule has 0 aromatic heterocycles. The third kappa shape index (κ3) is 3.39. The Labute approximate surface area is 90.4 Å². The Morgan fingerprint density at radius 2 is 1.62 bits per heavy atom. The van der Waals surface area contributed by atoms with Gasteiger partial charge in [0.2, 0.25) is 5.91 Å². The highest BCUT2D eigenvalue weighted by Crippen LogP contribution is 2.25. The lowest BCUT2D eigenvalue weighted by Crippen LogP contribution is -2.45. The summed E-state index contributed by atoms with van der Waals surface area (Å²) in [6.45, 7) is 0. The predicted octanol–water partition coefficient (Wildman–Crippen LogP) is 0.709. The highest BCUT2D eigenvalue weighted by molar-refractivity contribution is 5.82. The van der Waals surface area contributed by atoms with Gasteiger partial charge >= 0.3 is 12.1 Å². The van der Waals surface area contributed by atoms with Crippen molar-refractivity contribution in [1.82, 2.24) is 5.32 Å². The molecule has 0 aromatic carbocycles. The Balaban J connectivity index is 2.38. The van der Waals surface area contributed by atoms with Gasteiger partial charge < -0.3 is 11.1 Å². The Bertz CT molecular complexity index is 283. The van der Waals surface area contributed by atoms with Crippen molar-refractivity contribution in [2.75, 3.05) is 0 Å². The van der Waals surface area contributed by atoms with Gasteiger partial charge in [-0.2, -0.15) is 13.2 Å². The standard InChI is InChI=1S/C9H13F3N2O2/c10-9(11,12)8(16)14-6-3-1-5(2-4-6)7(13)15/h5-6H,1-4H2,(H2,13,15)(H,14,16). The van der Waals surface area contributed by atoms with Crippen LogP contribution in [0.1, 0.15) is 25.7 Å². The fourth-order valence-corrected chi connectivity index (χ4v) is 1.79. The van der Waals surface area contributed by atoms with E-state index in [1.807, 2.05) is 5.32 Å². The van der Waals surface area contributed by atoms with E-state index in [2.05, 4.69) is 0 Å². The second kappa shape index (κ2) is 4.71. The van der Waals surface area contributed by atoms with Crippen LogP contribution in [0, 0.1) is 5.92 Å². The number of amides is 2. The molecule has 1 aliphatic carbocycles. The molecule has 0 aromatic rings. The largest absolute Gasteiger partial charge is 0.471 e. The maximum atomic E-state index is 11.9. The van der Waals surface area contributed by atoms with E-state index in [0.29, 0.717) is 25.7 Å². The van der Waals surface area contributed by atoms with Gasteiger partial charge in [0.15, 0.2) is 0 Å². The van der Waals surface area contributed by atoms with Crippen molar-refractivity contribution in [1.29, 1.82) is 0 Å². The average Bonchev–Trinajstić information content (AvgIpc) is 2.17. The summed E-state index contributed by atoms with van der Waals surface area (Å²) in [6, 6.07) is -0.510. The lowest BCUT2D eigenvalue weighted by atomic mass is 9.85. The predicted molar refractivity (Wildman–Crippen MR) is 49.1 cm³/mol. The summed E-state index contributed by atoms with van der Waals surface area (Å²) in [5.74, 6) is -2.63. The van der Waals surface area contributed by atoms with Crippen LogP contribution in [0.5, 0.6) is 0 Å². The first kappa shape index (κ1) is 12.8. The SMILES string of the molecule is NC(=O)C1CCC(NC(=O)C(F)(F)F)CC1. The van der Waals surface area contributed by atoms with Gasteiger partial charge in [-0.1, -0.05) is 0 Å². The topological polar surface area (TPSA) is 72.2 Å². The molecule has 0 aliphatic heterocycles. The zero-order valence-corrected chi connectivity index (χ0v) is 8.51. The molecule has 2 amide bonds. The van der Waals surface area contributed by atoms with Crippen LogP contribution in [0.25, 0.3) is 0 Å². The van der Waals surface area contributed by atoms with Crippen molar-refractivity contribution in [2.45, 2.75) is 37.9 Å². The van der Waals surface area contributed by atoms with Crippen LogP contribution in [-0.2, 0) is 9.59 Å². The number of carbonyl (C=O) groups excluding carboxylic acids is 2. The smallest absolute Gasteiger partial charge is 0.369 e. The quantitative estimate of drug-likeness (QED) is 0.743. The normalized spacial score (nSPS) is 26.2. The fraction of sp³-hybridized carbons (Fsp3) is 0.778. The van der Waals surface area contributed by atoms with Gasteiger partial charge in [0.25, 0.3) is 0 Å². The number of primary amides is 1. The molecule has 0 atom stereocenters. The van der Waals surface area contributed by atoms with Gasteiger partial charge in [-0.05, 0) is 25.7 Å². The molecule has 3 N–H and O–H groups in total. The Kier molecular flexibility index (Phi) is 3.77. The number of nitrogens with two attached hydrogens (primary N) is 1. The van der Waals surface area contributed by atoms with Crippen LogP contribution < -0.4 is 11.1 Å².